The van der Waals surface area contributed by atoms with Gasteiger partial charge in [-0.25, -0.2) is 0 Å². The van der Waals surface area contributed by atoms with Crippen LogP contribution in [-0.4, -0.2) is 61.1 Å². The predicted octanol–water partition coefficient (Wildman–Crippen LogP) is 1.55. The number of carbonyl (C=O) groups is 1. The normalized spacial score (nSPS) is 27.0. The van der Waals surface area contributed by atoms with Crippen molar-refractivity contribution in [3.05, 3.63) is 35.9 Å². The van der Waals surface area contributed by atoms with E-state index in [9.17, 15) is 4.79 Å². The van der Waals surface area contributed by atoms with E-state index in [0.29, 0.717) is 6.42 Å². The Kier molecular flexibility index (Phi) is 4.27. The molecule has 2 fully saturated rings. The van der Waals surface area contributed by atoms with Gasteiger partial charge < -0.3 is 14.5 Å². The van der Waals surface area contributed by atoms with Crippen LogP contribution in [0.5, 0.6) is 0 Å². The maximum absolute atomic E-state index is 12.5. The first-order chi connectivity index (χ1) is 10.2. The molecule has 0 radical (unpaired) electrons. The molecule has 2 heterocycles. The predicted molar refractivity (Wildman–Crippen MR) is 82.1 cm³/mol. The Morgan fingerprint density at radius 1 is 1.24 bits per heavy atom. The van der Waals surface area contributed by atoms with E-state index < -0.39 is 0 Å². The first-order valence-electron chi connectivity index (χ1n) is 7.81. The summed E-state index contributed by atoms with van der Waals surface area (Å²) in [5, 5.41) is 0. The second kappa shape index (κ2) is 6.16. The molecule has 0 N–H and O–H groups in total. The summed E-state index contributed by atoms with van der Waals surface area (Å²) in [7, 11) is 2.13. The van der Waals surface area contributed by atoms with Crippen molar-refractivity contribution in [3.8, 4) is 0 Å². The van der Waals surface area contributed by atoms with Gasteiger partial charge in [-0.2, -0.15) is 0 Å². The van der Waals surface area contributed by atoms with Crippen LogP contribution in [0.1, 0.15) is 18.4 Å². The zero-order valence-corrected chi connectivity index (χ0v) is 12.8. The van der Waals surface area contributed by atoms with Crippen LogP contribution >= 0.6 is 0 Å². The number of hydrogen-bond acceptors (Lipinski definition) is 3. The lowest BCUT2D eigenvalue weighted by Crippen LogP contribution is -2.60. The molecule has 0 unspecified atom stereocenters. The molecule has 4 heteroatoms. The molecule has 2 aliphatic heterocycles. The van der Waals surface area contributed by atoms with Gasteiger partial charge in [0.05, 0.1) is 25.2 Å². The molecule has 1 aromatic rings. The molecule has 2 aliphatic rings. The molecule has 3 rings (SSSR count). The monoisotopic (exact) mass is 288 g/mol. The quantitative estimate of drug-likeness (QED) is 0.828. The van der Waals surface area contributed by atoms with E-state index in [1.807, 2.05) is 35.2 Å². The highest BCUT2D eigenvalue weighted by atomic mass is 16.5. The Balaban J connectivity index is 1.64. The lowest BCUT2D eigenvalue weighted by Gasteiger charge is -2.47. The van der Waals surface area contributed by atoms with Gasteiger partial charge in [-0.1, -0.05) is 30.3 Å². The van der Waals surface area contributed by atoms with Crippen molar-refractivity contribution >= 4 is 5.91 Å². The second-order valence-corrected chi connectivity index (χ2v) is 6.35. The number of benzene rings is 1. The molecule has 1 aromatic carbocycles. The van der Waals surface area contributed by atoms with Crippen LogP contribution in [0.3, 0.4) is 0 Å². The number of morpholine rings is 1. The number of hydrogen-bond donors (Lipinski definition) is 0. The van der Waals surface area contributed by atoms with Gasteiger partial charge in [-0.3, -0.25) is 4.79 Å². The Labute approximate surface area is 126 Å². The number of piperidine rings is 1. The summed E-state index contributed by atoms with van der Waals surface area (Å²) in [6, 6.07) is 9.99. The van der Waals surface area contributed by atoms with Crippen LogP contribution in [0.15, 0.2) is 30.3 Å². The lowest BCUT2D eigenvalue weighted by atomic mass is 9.90. The van der Waals surface area contributed by atoms with Crippen molar-refractivity contribution in [1.29, 1.82) is 0 Å². The number of carbonyl (C=O) groups excluding carboxylic acids is 1. The molecule has 0 saturated carbocycles. The number of rotatable bonds is 2. The van der Waals surface area contributed by atoms with Crippen molar-refractivity contribution in [2.24, 2.45) is 0 Å². The van der Waals surface area contributed by atoms with Crippen LogP contribution in [0.25, 0.3) is 0 Å². The Bertz CT molecular complexity index is 487. The Hall–Kier alpha value is -1.39. The number of ether oxygens (including phenoxy) is 1. The zero-order valence-electron chi connectivity index (χ0n) is 12.8. The van der Waals surface area contributed by atoms with Gasteiger partial charge in [-0.05, 0) is 25.5 Å². The molecule has 114 valence electrons. The van der Waals surface area contributed by atoms with E-state index in [2.05, 4.69) is 11.9 Å². The van der Waals surface area contributed by atoms with E-state index in [0.717, 1.165) is 51.2 Å². The number of amides is 1. The zero-order chi connectivity index (χ0) is 14.7. The van der Waals surface area contributed by atoms with Crippen LogP contribution in [0, 0.1) is 0 Å². The third kappa shape index (κ3) is 3.44. The minimum absolute atomic E-state index is 0.141. The first kappa shape index (κ1) is 14.5. The summed E-state index contributed by atoms with van der Waals surface area (Å²) in [6.07, 6.45) is 2.59. The lowest BCUT2D eigenvalue weighted by molar-refractivity contribution is -0.154. The smallest absolute Gasteiger partial charge is 0.227 e. The van der Waals surface area contributed by atoms with Crippen LogP contribution < -0.4 is 0 Å². The average Bonchev–Trinajstić information content (AvgIpc) is 2.48. The van der Waals surface area contributed by atoms with E-state index in [-0.39, 0.29) is 11.5 Å². The number of likely N-dealkylation sites (tertiary alicyclic amines) is 1. The van der Waals surface area contributed by atoms with Gasteiger partial charge >= 0.3 is 0 Å². The molecule has 0 bridgehead atoms. The van der Waals surface area contributed by atoms with Crippen LogP contribution in [0.4, 0.5) is 0 Å². The molecule has 4 nitrogen and oxygen atoms in total. The topological polar surface area (TPSA) is 32.8 Å². The van der Waals surface area contributed by atoms with Gasteiger partial charge in [0.25, 0.3) is 0 Å². The van der Waals surface area contributed by atoms with Crippen LogP contribution in [-0.2, 0) is 16.0 Å². The SMILES string of the molecule is CN1CCO[C@]2(CCCN(C(=O)Cc3ccccc3)C2)C1. The third-order valence-corrected chi connectivity index (χ3v) is 4.53. The highest BCUT2D eigenvalue weighted by Gasteiger charge is 2.40. The van der Waals surface area contributed by atoms with Gasteiger partial charge in [-0.15, -0.1) is 0 Å². The third-order valence-electron chi connectivity index (χ3n) is 4.53. The summed E-state index contributed by atoms with van der Waals surface area (Å²) in [6.45, 7) is 4.29. The highest BCUT2D eigenvalue weighted by Crippen LogP contribution is 2.28. The fourth-order valence-electron chi connectivity index (χ4n) is 3.47. The van der Waals surface area contributed by atoms with Crippen molar-refractivity contribution in [1.82, 2.24) is 9.80 Å². The average molecular weight is 288 g/mol. The largest absolute Gasteiger partial charge is 0.370 e. The van der Waals surface area contributed by atoms with Crippen LogP contribution in [0.2, 0.25) is 0 Å². The standard InChI is InChI=1S/C17H24N2O2/c1-18-10-11-21-17(13-18)8-5-9-19(14-17)16(20)12-15-6-3-2-4-7-15/h2-4,6-7H,5,8-14H2,1H3/t17-/m1/s1. The van der Waals surface area contributed by atoms with Crippen molar-refractivity contribution < 1.29 is 9.53 Å². The molecule has 21 heavy (non-hydrogen) atoms. The molecular formula is C17H24N2O2. The number of likely N-dealkylation sites (N-methyl/N-ethyl adjacent to an activating group) is 1. The minimum atomic E-state index is -0.141. The molecule has 0 aromatic heterocycles. The Morgan fingerprint density at radius 3 is 2.81 bits per heavy atom. The highest BCUT2D eigenvalue weighted by molar-refractivity contribution is 5.79. The molecule has 0 aliphatic carbocycles. The summed E-state index contributed by atoms with van der Waals surface area (Å²) in [4.78, 5) is 16.8. The summed E-state index contributed by atoms with van der Waals surface area (Å²) in [5.41, 5.74) is 0.946. The van der Waals surface area contributed by atoms with E-state index >= 15 is 0 Å². The summed E-state index contributed by atoms with van der Waals surface area (Å²) in [5.74, 6) is 0.220. The van der Waals surface area contributed by atoms with Gasteiger partial charge in [0, 0.05) is 19.6 Å². The molecule has 1 spiro atoms. The Morgan fingerprint density at radius 2 is 2.05 bits per heavy atom. The van der Waals surface area contributed by atoms with Crippen molar-refractivity contribution in [2.75, 3.05) is 39.8 Å². The maximum Gasteiger partial charge on any atom is 0.227 e. The van der Waals surface area contributed by atoms with E-state index in [1.165, 1.54) is 0 Å². The molecule has 1 atom stereocenters. The fourth-order valence-corrected chi connectivity index (χ4v) is 3.47. The van der Waals surface area contributed by atoms with Gasteiger partial charge in [0.1, 0.15) is 0 Å². The van der Waals surface area contributed by atoms with E-state index in [4.69, 9.17) is 4.74 Å². The minimum Gasteiger partial charge on any atom is -0.370 e. The summed E-state index contributed by atoms with van der Waals surface area (Å²) < 4.78 is 6.07. The van der Waals surface area contributed by atoms with Gasteiger partial charge in [0.15, 0.2) is 0 Å². The van der Waals surface area contributed by atoms with Crippen molar-refractivity contribution in [2.45, 2.75) is 24.9 Å². The molecule has 1 amide bonds. The van der Waals surface area contributed by atoms with Gasteiger partial charge in [0.2, 0.25) is 5.91 Å². The second-order valence-electron chi connectivity index (χ2n) is 6.35. The maximum atomic E-state index is 12.5. The fraction of sp³-hybridized carbons (Fsp3) is 0.588. The van der Waals surface area contributed by atoms with Crippen molar-refractivity contribution in [3.63, 3.8) is 0 Å². The van der Waals surface area contributed by atoms with E-state index in [1.54, 1.807) is 0 Å². The number of nitrogens with zero attached hydrogens (tertiary/aromatic N) is 2. The molecule has 2 saturated heterocycles. The molecular weight excluding hydrogens is 264 g/mol. The summed E-state index contributed by atoms with van der Waals surface area (Å²) >= 11 is 0. The first-order valence-corrected chi connectivity index (χ1v) is 7.81.